The topological polar surface area (TPSA) is 45.7 Å². The fourth-order valence-electron chi connectivity index (χ4n) is 0.884. The van der Waals surface area contributed by atoms with Gasteiger partial charge in [0.25, 0.3) is 5.82 Å². The number of H-pyrrole nitrogens is 1. The lowest BCUT2D eigenvalue weighted by atomic mass is 10.3. The number of nitrogens with two attached hydrogens (primary N) is 1. The van der Waals surface area contributed by atoms with Gasteiger partial charge >= 0.3 is 0 Å². The van der Waals surface area contributed by atoms with Gasteiger partial charge in [-0.05, 0) is 6.92 Å². The normalized spacial score (nSPS) is 13.0. The number of nitrogens with zero attached hydrogens (tertiary/aromatic N) is 1. The first-order valence-electron chi connectivity index (χ1n) is 3.22. The molecule has 0 aromatic carbocycles. The third kappa shape index (κ3) is 1.09. The Kier molecular flexibility index (Phi) is 1.87. The molecule has 0 fully saturated rings. The molecular weight excluding hydrogens is 126 g/mol. The van der Waals surface area contributed by atoms with Gasteiger partial charge in [0.05, 0.1) is 6.20 Å². The minimum absolute atomic E-state index is 0.0213. The van der Waals surface area contributed by atoms with Crippen molar-refractivity contribution in [3.05, 3.63) is 24.8 Å². The molecule has 1 aromatic heterocycles. The van der Waals surface area contributed by atoms with Crippen molar-refractivity contribution in [2.24, 2.45) is 5.73 Å². The molecule has 0 spiro atoms. The quantitative estimate of drug-likeness (QED) is 0.572. The summed E-state index contributed by atoms with van der Waals surface area (Å²) in [6.07, 6.45) is 5.43. The zero-order chi connectivity index (χ0) is 7.56. The van der Waals surface area contributed by atoms with Gasteiger partial charge in [-0.25, -0.2) is 9.55 Å². The number of aromatic nitrogens is 2. The number of hydrogen-bond donors (Lipinski definition) is 2. The SMILES string of the molecule is C=C[n+]1cc[nH]c1C(C)N. The summed E-state index contributed by atoms with van der Waals surface area (Å²) in [6, 6.07) is 0.0213. The Morgan fingerprint density at radius 1 is 1.90 bits per heavy atom. The lowest BCUT2D eigenvalue weighted by Gasteiger charge is -1.96. The maximum atomic E-state index is 5.63. The highest BCUT2D eigenvalue weighted by molar-refractivity contribution is 4.99. The summed E-state index contributed by atoms with van der Waals surface area (Å²) in [4.78, 5) is 3.02. The van der Waals surface area contributed by atoms with E-state index >= 15 is 0 Å². The van der Waals surface area contributed by atoms with E-state index in [1.54, 1.807) is 6.20 Å². The van der Waals surface area contributed by atoms with Gasteiger partial charge < -0.3 is 5.73 Å². The van der Waals surface area contributed by atoms with Crippen LogP contribution in [0.2, 0.25) is 0 Å². The molecule has 1 rings (SSSR count). The summed E-state index contributed by atoms with van der Waals surface area (Å²) < 4.78 is 1.87. The van der Waals surface area contributed by atoms with Crippen LogP contribution in [-0.2, 0) is 0 Å². The van der Waals surface area contributed by atoms with Crippen molar-refractivity contribution in [1.29, 1.82) is 0 Å². The van der Waals surface area contributed by atoms with Crippen LogP contribution in [0.5, 0.6) is 0 Å². The first-order chi connectivity index (χ1) is 4.75. The summed E-state index contributed by atoms with van der Waals surface area (Å²) in [5, 5.41) is 0. The third-order valence-electron chi connectivity index (χ3n) is 1.37. The third-order valence-corrected chi connectivity index (χ3v) is 1.37. The van der Waals surface area contributed by atoms with Gasteiger partial charge in [0.2, 0.25) is 0 Å². The van der Waals surface area contributed by atoms with Crippen molar-refractivity contribution >= 4 is 6.20 Å². The smallest absolute Gasteiger partial charge is 0.275 e. The van der Waals surface area contributed by atoms with Crippen molar-refractivity contribution in [3.63, 3.8) is 0 Å². The molecule has 1 heterocycles. The molecule has 1 unspecified atom stereocenters. The van der Waals surface area contributed by atoms with Crippen LogP contribution in [0.4, 0.5) is 0 Å². The van der Waals surface area contributed by atoms with Gasteiger partial charge in [0, 0.05) is 0 Å². The summed E-state index contributed by atoms with van der Waals surface area (Å²) in [6.45, 7) is 5.56. The van der Waals surface area contributed by atoms with Gasteiger partial charge in [0.15, 0.2) is 0 Å². The van der Waals surface area contributed by atoms with Crippen molar-refractivity contribution in [2.45, 2.75) is 13.0 Å². The Morgan fingerprint density at radius 2 is 2.60 bits per heavy atom. The molecule has 0 aliphatic carbocycles. The van der Waals surface area contributed by atoms with Gasteiger partial charge in [-0.2, -0.15) is 0 Å². The summed E-state index contributed by atoms with van der Waals surface area (Å²) in [5.74, 6) is 0.968. The highest BCUT2D eigenvalue weighted by Gasteiger charge is 2.11. The molecule has 0 radical (unpaired) electrons. The van der Waals surface area contributed by atoms with Crippen LogP contribution < -0.4 is 10.3 Å². The fraction of sp³-hybridized carbons (Fsp3) is 0.286. The van der Waals surface area contributed by atoms with Crippen LogP contribution in [0.1, 0.15) is 18.8 Å². The molecule has 0 saturated heterocycles. The highest BCUT2D eigenvalue weighted by Crippen LogP contribution is 1.97. The lowest BCUT2D eigenvalue weighted by molar-refractivity contribution is -0.577. The molecule has 1 aromatic rings. The highest BCUT2D eigenvalue weighted by atomic mass is 15.1. The van der Waals surface area contributed by atoms with E-state index in [1.807, 2.05) is 23.9 Å². The van der Waals surface area contributed by atoms with E-state index in [2.05, 4.69) is 11.6 Å². The molecule has 1 atom stereocenters. The van der Waals surface area contributed by atoms with Crippen molar-refractivity contribution in [2.75, 3.05) is 0 Å². The number of imidazole rings is 1. The predicted octanol–water partition coefficient (Wildman–Crippen LogP) is 0.422. The molecule has 0 bridgehead atoms. The second kappa shape index (κ2) is 2.66. The van der Waals surface area contributed by atoms with Crippen molar-refractivity contribution in [1.82, 2.24) is 4.98 Å². The van der Waals surface area contributed by atoms with E-state index < -0.39 is 0 Å². The molecule has 3 N–H and O–H groups in total. The summed E-state index contributed by atoms with van der Waals surface area (Å²) in [5.41, 5.74) is 5.63. The molecule has 3 nitrogen and oxygen atoms in total. The van der Waals surface area contributed by atoms with Crippen LogP contribution >= 0.6 is 0 Å². The van der Waals surface area contributed by atoms with Gasteiger partial charge in [-0.1, -0.05) is 6.58 Å². The standard InChI is InChI=1S/C7H11N3/c1-3-10-5-4-9-7(10)6(2)8/h3-6H,1,8H2,2H3/p+1. The van der Waals surface area contributed by atoms with E-state index in [0.717, 1.165) is 5.82 Å². The van der Waals surface area contributed by atoms with Gasteiger partial charge in [-0.3, -0.25) is 0 Å². The number of nitrogens with one attached hydrogen (secondary N) is 1. The van der Waals surface area contributed by atoms with Crippen LogP contribution in [-0.4, -0.2) is 4.98 Å². The minimum atomic E-state index is 0.0213. The van der Waals surface area contributed by atoms with Crippen LogP contribution in [0.15, 0.2) is 19.0 Å². The predicted molar refractivity (Wildman–Crippen MR) is 40.0 cm³/mol. The maximum absolute atomic E-state index is 5.63. The molecule has 0 amide bonds. The first kappa shape index (κ1) is 7.02. The molecule has 0 saturated carbocycles. The Labute approximate surface area is 60.2 Å². The minimum Gasteiger partial charge on any atom is -0.318 e. The zero-order valence-corrected chi connectivity index (χ0v) is 6.04. The molecular formula is C7H12N3+. The first-order valence-corrected chi connectivity index (χ1v) is 3.22. The van der Waals surface area contributed by atoms with Gasteiger partial charge in [0.1, 0.15) is 18.4 Å². The number of hydrogen-bond acceptors (Lipinski definition) is 1. The van der Waals surface area contributed by atoms with E-state index in [-0.39, 0.29) is 6.04 Å². The van der Waals surface area contributed by atoms with Crippen LogP contribution in [0.25, 0.3) is 6.20 Å². The van der Waals surface area contributed by atoms with E-state index in [0.29, 0.717) is 0 Å². The van der Waals surface area contributed by atoms with Crippen LogP contribution in [0, 0.1) is 0 Å². The lowest BCUT2D eigenvalue weighted by Crippen LogP contribution is -2.31. The maximum Gasteiger partial charge on any atom is 0.275 e. The second-order valence-corrected chi connectivity index (χ2v) is 2.22. The fourth-order valence-corrected chi connectivity index (χ4v) is 0.884. The Morgan fingerprint density at radius 3 is 3.00 bits per heavy atom. The number of rotatable bonds is 2. The average Bonchev–Trinajstić information content (AvgIpc) is 2.33. The molecule has 10 heavy (non-hydrogen) atoms. The summed E-state index contributed by atoms with van der Waals surface area (Å²) in [7, 11) is 0. The Balaban J connectivity index is 3.01. The number of aromatic amines is 1. The van der Waals surface area contributed by atoms with E-state index in [4.69, 9.17) is 5.73 Å². The summed E-state index contributed by atoms with van der Waals surface area (Å²) >= 11 is 0. The van der Waals surface area contributed by atoms with Crippen molar-refractivity contribution in [3.8, 4) is 0 Å². The molecule has 3 heteroatoms. The zero-order valence-electron chi connectivity index (χ0n) is 6.04. The Hall–Kier alpha value is -1.09. The van der Waals surface area contributed by atoms with Gasteiger partial charge in [-0.15, -0.1) is 0 Å². The van der Waals surface area contributed by atoms with Crippen LogP contribution in [0.3, 0.4) is 0 Å². The molecule has 0 aliphatic heterocycles. The van der Waals surface area contributed by atoms with E-state index in [9.17, 15) is 0 Å². The Bertz CT molecular complexity index is 225. The van der Waals surface area contributed by atoms with E-state index in [1.165, 1.54) is 0 Å². The monoisotopic (exact) mass is 138 g/mol. The average molecular weight is 138 g/mol. The van der Waals surface area contributed by atoms with Crippen molar-refractivity contribution < 1.29 is 4.57 Å². The molecule has 54 valence electrons. The second-order valence-electron chi connectivity index (χ2n) is 2.22. The largest absolute Gasteiger partial charge is 0.318 e. The molecule has 0 aliphatic rings.